The van der Waals surface area contributed by atoms with Gasteiger partial charge in [0.25, 0.3) is 0 Å². The summed E-state index contributed by atoms with van der Waals surface area (Å²) in [5.41, 5.74) is 1.50. The zero-order valence-corrected chi connectivity index (χ0v) is 7.64. The standard InChI is InChI=1S/C8H7BrN2/c1-11-8-4-2-3-7(9)6(8)5-10/h2-4,11H,1H3. The lowest BCUT2D eigenvalue weighted by molar-refractivity contribution is 1.42. The van der Waals surface area contributed by atoms with Crippen LogP contribution in [0.3, 0.4) is 0 Å². The molecule has 0 saturated carbocycles. The molecule has 0 aliphatic carbocycles. The summed E-state index contributed by atoms with van der Waals surface area (Å²) < 4.78 is 0.826. The third-order valence-corrected chi connectivity index (χ3v) is 2.06. The van der Waals surface area contributed by atoms with Gasteiger partial charge in [-0.1, -0.05) is 6.07 Å². The summed E-state index contributed by atoms with van der Waals surface area (Å²) in [4.78, 5) is 0. The molecule has 1 aromatic rings. The predicted octanol–water partition coefficient (Wildman–Crippen LogP) is 2.36. The van der Waals surface area contributed by atoms with Gasteiger partial charge < -0.3 is 5.32 Å². The lowest BCUT2D eigenvalue weighted by Gasteiger charge is -2.02. The van der Waals surface area contributed by atoms with Crippen molar-refractivity contribution in [2.24, 2.45) is 0 Å². The summed E-state index contributed by atoms with van der Waals surface area (Å²) in [7, 11) is 1.79. The van der Waals surface area contributed by atoms with Gasteiger partial charge in [0.15, 0.2) is 0 Å². The first-order valence-electron chi connectivity index (χ1n) is 3.16. The molecule has 56 valence electrons. The number of rotatable bonds is 1. The van der Waals surface area contributed by atoms with E-state index in [1.54, 1.807) is 7.05 Å². The highest BCUT2D eigenvalue weighted by molar-refractivity contribution is 9.10. The van der Waals surface area contributed by atoms with Gasteiger partial charge in [0.05, 0.1) is 11.3 Å². The third-order valence-electron chi connectivity index (χ3n) is 1.39. The van der Waals surface area contributed by atoms with Gasteiger partial charge in [0.1, 0.15) is 6.07 Å². The quantitative estimate of drug-likeness (QED) is 0.773. The van der Waals surface area contributed by atoms with Crippen molar-refractivity contribution in [1.82, 2.24) is 0 Å². The SMILES string of the molecule is CNc1cccc(Br)c1C#N. The summed E-state index contributed by atoms with van der Waals surface area (Å²) in [6.45, 7) is 0. The van der Waals surface area contributed by atoms with Crippen molar-refractivity contribution in [3.63, 3.8) is 0 Å². The minimum absolute atomic E-state index is 0.648. The number of nitrogens with one attached hydrogen (secondary N) is 1. The average Bonchev–Trinajstić information content (AvgIpc) is 2.04. The molecular weight excluding hydrogens is 204 g/mol. The van der Waals surface area contributed by atoms with E-state index >= 15 is 0 Å². The Morgan fingerprint density at radius 2 is 2.27 bits per heavy atom. The summed E-state index contributed by atoms with van der Waals surface area (Å²) in [6, 6.07) is 7.70. The fourth-order valence-corrected chi connectivity index (χ4v) is 1.30. The molecule has 0 atom stereocenters. The molecule has 0 saturated heterocycles. The molecule has 0 heterocycles. The molecular formula is C8H7BrN2. The highest BCUT2D eigenvalue weighted by atomic mass is 79.9. The largest absolute Gasteiger partial charge is 0.387 e. The summed E-state index contributed by atoms with van der Waals surface area (Å²) in [6.07, 6.45) is 0. The highest BCUT2D eigenvalue weighted by Gasteiger charge is 2.02. The number of hydrogen-bond acceptors (Lipinski definition) is 2. The maximum Gasteiger partial charge on any atom is 0.103 e. The Kier molecular flexibility index (Phi) is 2.50. The molecule has 0 aliphatic rings. The molecule has 11 heavy (non-hydrogen) atoms. The Hall–Kier alpha value is -1.01. The van der Waals surface area contributed by atoms with E-state index in [0.29, 0.717) is 5.56 Å². The summed E-state index contributed by atoms with van der Waals surface area (Å²) in [5, 5.41) is 11.6. The molecule has 0 amide bonds. The van der Waals surface area contributed by atoms with Crippen molar-refractivity contribution in [2.75, 3.05) is 12.4 Å². The first kappa shape index (κ1) is 8.09. The second kappa shape index (κ2) is 3.40. The number of benzene rings is 1. The highest BCUT2D eigenvalue weighted by Crippen LogP contribution is 2.22. The average molecular weight is 211 g/mol. The molecule has 1 rings (SSSR count). The maximum atomic E-state index is 8.71. The molecule has 0 bridgehead atoms. The van der Waals surface area contributed by atoms with Gasteiger partial charge in [0.2, 0.25) is 0 Å². The second-order valence-corrected chi connectivity index (χ2v) is 2.88. The van der Waals surface area contributed by atoms with E-state index in [4.69, 9.17) is 5.26 Å². The van der Waals surface area contributed by atoms with Crippen LogP contribution >= 0.6 is 15.9 Å². The zero-order valence-electron chi connectivity index (χ0n) is 6.06. The van der Waals surface area contributed by atoms with Crippen molar-refractivity contribution in [1.29, 1.82) is 5.26 Å². The zero-order chi connectivity index (χ0) is 8.27. The lowest BCUT2D eigenvalue weighted by atomic mass is 10.2. The van der Waals surface area contributed by atoms with Crippen molar-refractivity contribution < 1.29 is 0 Å². The van der Waals surface area contributed by atoms with Crippen molar-refractivity contribution in [3.05, 3.63) is 28.2 Å². The number of halogens is 1. The normalized spacial score (nSPS) is 8.82. The number of anilines is 1. The molecule has 1 N–H and O–H groups in total. The number of nitrogens with zero attached hydrogens (tertiary/aromatic N) is 1. The summed E-state index contributed by atoms with van der Waals surface area (Å²) in [5.74, 6) is 0. The Balaban J connectivity index is 3.27. The van der Waals surface area contributed by atoms with Gasteiger partial charge >= 0.3 is 0 Å². The minimum atomic E-state index is 0.648. The Morgan fingerprint density at radius 3 is 2.73 bits per heavy atom. The molecule has 0 spiro atoms. The van der Waals surface area contributed by atoms with Gasteiger partial charge in [-0.25, -0.2) is 0 Å². The van der Waals surface area contributed by atoms with Crippen LogP contribution in [0, 0.1) is 11.3 Å². The first-order chi connectivity index (χ1) is 5.29. The smallest absolute Gasteiger partial charge is 0.103 e. The van der Waals surface area contributed by atoms with Gasteiger partial charge in [-0.2, -0.15) is 5.26 Å². The van der Waals surface area contributed by atoms with E-state index in [1.165, 1.54) is 0 Å². The van der Waals surface area contributed by atoms with Crippen molar-refractivity contribution in [2.45, 2.75) is 0 Å². The van der Waals surface area contributed by atoms with Crippen LogP contribution in [0.4, 0.5) is 5.69 Å². The van der Waals surface area contributed by atoms with E-state index in [2.05, 4.69) is 27.3 Å². The third kappa shape index (κ3) is 1.52. The van der Waals surface area contributed by atoms with Gasteiger partial charge in [-0.05, 0) is 28.1 Å². The molecule has 0 radical (unpaired) electrons. The van der Waals surface area contributed by atoms with Crippen LogP contribution in [-0.2, 0) is 0 Å². The van der Waals surface area contributed by atoms with E-state index in [9.17, 15) is 0 Å². The Morgan fingerprint density at radius 1 is 1.55 bits per heavy atom. The lowest BCUT2D eigenvalue weighted by Crippen LogP contribution is -1.91. The van der Waals surface area contributed by atoms with Crippen LogP contribution < -0.4 is 5.32 Å². The van der Waals surface area contributed by atoms with Gasteiger partial charge in [-0.15, -0.1) is 0 Å². The predicted molar refractivity (Wildman–Crippen MR) is 48.4 cm³/mol. The first-order valence-corrected chi connectivity index (χ1v) is 3.95. The monoisotopic (exact) mass is 210 g/mol. The molecule has 0 aliphatic heterocycles. The van der Waals surface area contributed by atoms with Crippen LogP contribution in [0.1, 0.15) is 5.56 Å². The van der Waals surface area contributed by atoms with Crippen LogP contribution in [0.25, 0.3) is 0 Å². The van der Waals surface area contributed by atoms with Gasteiger partial charge in [-0.3, -0.25) is 0 Å². The van der Waals surface area contributed by atoms with Crippen molar-refractivity contribution >= 4 is 21.6 Å². The maximum absolute atomic E-state index is 8.71. The van der Waals surface area contributed by atoms with Crippen LogP contribution in [0.15, 0.2) is 22.7 Å². The second-order valence-electron chi connectivity index (χ2n) is 2.02. The minimum Gasteiger partial charge on any atom is -0.387 e. The topological polar surface area (TPSA) is 35.8 Å². The molecule has 0 fully saturated rings. The van der Waals surface area contributed by atoms with Crippen LogP contribution in [0.2, 0.25) is 0 Å². The fraction of sp³-hybridized carbons (Fsp3) is 0.125. The molecule has 2 nitrogen and oxygen atoms in total. The van der Waals surface area contributed by atoms with E-state index < -0.39 is 0 Å². The van der Waals surface area contributed by atoms with E-state index in [-0.39, 0.29) is 0 Å². The van der Waals surface area contributed by atoms with E-state index in [1.807, 2.05) is 18.2 Å². The van der Waals surface area contributed by atoms with Crippen LogP contribution in [-0.4, -0.2) is 7.05 Å². The van der Waals surface area contributed by atoms with Crippen LogP contribution in [0.5, 0.6) is 0 Å². The molecule has 0 aromatic heterocycles. The Bertz CT molecular complexity index is 301. The molecule has 0 unspecified atom stereocenters. The number of hydrogen-bond donors (Lipinski definition) is 1. The Labute approximate surface area is 74.0 Å². The fourth-order valence-electron chi connectivity index (χ4n) is 0.846. The van der Waals surface area contributed by atoms with Crippen molar-refractivity contribution in [3.8, 4) is 6.07 Å². The van der Waals surface area contributed by atoms with E-state index in [0.717, 1.165) is 10.2 Å². The molecule has 1 aromatic carbocycles. The summed E-state index contributed by atoms with van der Waals surface area (Å²) >= 11 is 3.29. The molecule has 3 heteroatoms. The van der Waals surface area contributed by atoms with Gasteiger partial charge in [0, 0.05) is 11.5 Å². The number of nitriles is 1.